The summed E-state index contributed by atoms with van der Waals surface area (Å²) in [6, 6.07) is 4.92. The van der Waals surface area contributed by atoms with E-state index in [9.17, 15) is 4.39 Å². The zero-order chi connectivity index (χ0) is 13.5. The number of ether oxygens (including phenoxy) is 2. The Bertz CT molecular complexity index is 487. The fourth-order valence-electron chi connectivity index (χ4n) is 2.89. The normalized spacial score (nSPS) is 33.6. The van der Waals surface area contributed by atoms with Crippen LogP contribution in [-0.4, -0.2) is 33.0 Å². The molecule has 0 aromatic heterocycles. The highest BCUT2D eigenvalue weighted by atomic mass is 79.9. The second-order valence-electron chi connectivity index (χ2n) is 4.92. The smallest absolute Gasteiger partial charge is 0.128 e. The molecule has 3 rings (SSSR count). The lowest BCUT2D eigenvalue weighted by Gasteiger charge is -2.27. The third-order valence-corrected chi connectivity index (χ3v) is 4.36. The van der Waals surface area contributed by atoms with Gasteiger partial charge in [0.1, 0.15) is 11.4 Å². The van der Waals surface area contributed by atoms with Crippen LogP contribution in [0.3, 0.4) is 0 Å². The molecule has 2 saturated heterocycles. The van der Waals surface area contributed by atoms with Gasteiger partial charge in [0.15, 0.2) is 0 Å². The van der Waals surface area contributed by atoms with E-state index in [1.54, 1.807) is 19.2 Å². The molecule has 4 nitrogen and oxygen atoms in total. The Kier molecular flexibility index (Phi) is 3.61. The van der Waals surface area contributed by atoms with Crippen LogP contribution in [0.4, 0.5) is 4.39 Å². The van der Waals surface area contributed by atoms with E-state index in [0.717, 1.165) is 4.47 Å². The molecule has 0 saturated carbocycles. The van der Waals surface area contributed by atoms with Gasteiger partial charge in [-0.25, -0.2) is 4.39 Å². The van der Waals surface area contributed by atoms with Crippen molar-refractivity contribution < 1.29 is 18.7 Å². The molecule has 2 fully saturated rings. The number of hydrogen-bond acceptors (Lipinski definition) is 4. The molecule has 0 aliphatic carbocycles. The van der Waals surface area contributed by atoms with Gasteiger partial charge >= 0.3 is 0 Å². The van der Waals surface area contributed by atoms with Crippen LogP contribution >= 0.6 is 15.9 Å². The van der Waals surface area contributed by atoms with Gasteiger partial charge in [0.25, 0.3) is 0 Å². The molecular formula is C13H15BrFNO3. The van der Waals surface area contributed by atoms with E-state index < -0.39 is 5.54 Å². The number of benzene rings is 1. The first-order valence-corrected chi connectivity index (χ1v) is 6.92. The summed E-state index contributed by atoms with van der Waals surface area (Å²) in [6.45, 7) is 1.34. The van der Waals surface area contributed by atoms with Crippen LogP contribution in [0.15, 0.2) is 22.7 Å². The summed E-state index contributed by atoms with van der Waals surface area (Å²) in [5.41, 5.74) is 2.91. The average Bonchev–Trinajstić information content (AvgIpc) is 2.94. The molecule has 2 aliphatic rings. The van der Waals surface area contributed by atoms with E-state index in [1.165, 1.54) is 6.07 Å². The monoisotopic (exact) mass is 331 g/mol. The van der Waals surface area contributed by atoms with Gasteiger partial charge in [0.05, 0.1) is 25.9 Å². The molecule has 1 aromatic carbocycles. The van der Waals surface area contributed by atoms with Crippen LogP contribution in [-0.2, 0) is 19.9 Å². The minimum absolute atomic E-state index is 0.0382. The van der Waals surface area contributed by atoms with Gasteiger partial charge in [-0.15, -0.1) is 0 Å². The highest BCUT2D eigenvalue weighted by molar-refractivity contribution is 9.10. The van der Waals surface area contributed by atoms with Crippen LogP contribution < -0.4 is 5.48 Å². The van der Waals surface area contributed by atoms with Crippen molar-refractivity contribution in [1.82, 2.24) is 5.48 Å². The number of nitrogens with one attached hydrogen (secondary N) is 1. The van der Waals surface area contributed by atoms with E-state index in [1.807, 2.05) is 0 Å². The zero-order valence-corrected chi connectivity index (χ0v) is 12.1. The molecule has 0 amide bonds. The summed E-state index contributed by atoms with van der Waals surface area (Å²) >= 11 is 3.38. The van der Waals surface area contributed by atoms with Crippen molar-refractivity contribution in [2.75, 3.05) is 26.9 Å². The molecule has 1 N–H and O–H groups in total. The van der Waals surface area contributed by atoms with Gasteiger partial charge in [-0.3, -0.25) is 0 Å². The van der Waals surface area contributed by atoms with Crippen LogP contribution in [0.1, 0.15) is 5.56 Å². The molecule has 3 unspecified atom stereocenters. The Labute approximate surface area is 119 Å². The van der Waals surface area contributed by atoms with Crippen molar-refractivity contribution in [2.45, 2.75) is 11.6 Å². The fraction of sp³-hybridized carbons (Fsp3) is 0.538. The molecule has 6 heteroatoms. The average molecular weight is 332 g/mol. The van der Waals surface area contributed by atoms with Gasteiger partial charge in [-0.1, -0.05) is 15.9 Å². The van der Waals surface area contributed by atoms with Crippen molar-refractivity contribution in [3.63, 3.8) is 0 Å². The van der Waals surface area contributed by atoms with Crippen molar-refractivity contribution in [2.24, 2.45) is 5.92 Å². The Morgan fingerprint density at radius 1 is 1.58 bits per heavy atom. The summed E-state index contributed by atoms with van der Waals surface area (Å²) in [4.78, 5) is 5.37. The summed E-state index contributed by atoms with van der Waals surface area (Å²) in [7, 11) is 1.63. The number of rotatable bonds is 3. The Morgan fingerprint density at radius 3 is 3.21 bits per heavy atom. The number of halogens is 2. The van der Waals surface area contributed by atoms with Crippen molar-refractivity contribution in [1.29, 1.82) is 0 Å². The quantitative estimate of drug-likeness (QED) is 0.919. The van der Waals surface area contributed by atoms with Gasteiger partial charge in [-0.2, -0.15) is 5.48 Å². The van der Waals surface area contributed by atoms with E-state index in [0.29, 0.717) is 25.4 Å². The summed E-state index contributed by atoms with van der Waals surface area (Å²) < 4.78 is 25.9. The molecule has 104 valence electrons. The van der Waals surface area contributed by atoms with E-state index >= 15 is 0 Å². The minimum atomic E-state index is -0.628. The molecule has 2 aliphatic heterocycles. The first-order valence-electron chi connectivity index (χ1n) is 6.12. The first kappa shape index (κ1) is 13.5. The zero-order valence-electron chi connectivity index (χ0n) is 10.5. The van der Waals surface area contributed by atoms with Gasteiger partial charge in [-0.05, 0) is 18.2 Å². The molecule has 0 radical (unpaired) electrons. The number of fused-ring (bicyclic) bond motifs is 1. The predicted octanol–water partition coefficient (Wildman–Crippen LogP) is 1.98. The van der Waals surface area contributed by atoms with Gasteiger partial charge in [0, 0.05) is 23.1 Å². The van der Waals surface area contributed by atoms with E-state index in [2.05, 4.69) is 21.4 Å². The van der Waals surface area contributed by atoms with E-state index in [4.69, 9.17) is 14.3 Å². The molecule has 1 aromatic rings. The Hall–Kier alpha value is -0.530. The largest absolute Gasteiger partial charge is 0.382 e. The molecule has 2 heterocycles. The maximum Gasteiger partial charge on any atom is 0.128 e. The first-order chi connectivity index (χ1) is 9.17. The van der Waals surface area contributed by atoms with Crippen molar-refractivity contribution in [3.05, 3.63) is 34.1 Å². The lowest BCUT2D eigenvalue weighted by molar-refractivity contribution is -0.0207. The second-order valence-corrected chi connectivity index (χ2v) is 5.84. The lowest BCUT2D eigenvalue weighted by Crippen LogP contribution is -2.43. The predicted molar refractivity (Wildman–Crippen MR) is 70.0 cm³/mol. The maximum atomic E-state index is 14.2. The highest BCUT2D eigenvalue weighted by Crippen LogP contribution is 2.44. The summed E-state index contributed by atoms with van der Waals surface area (Å²) in [6.07, 6.45) is -0.0848. The summed E-state index contributed by atoms with van der Waals surface area (Å²) in [5.74, 6) is -0.218. The topological polar surface area (TPSA) is 39.7 Å². The van der Waals surface area contributed by atoms with Crippen LogP contribution in [0.25, 0.3) is 0 Å². The highest BCUT2D eigenvalue weighted by Gasteiger charge is 2.56. The van der Waals surface area contributed by atoms with Crippen LogP contribution in [0.2, 0.25) is 0 Å². The number of hydrogen-bond donors (Lipinski definition) is 1. The number of hydroxylamine groups is 1. The molecule has 0 bridgehead atoms. The maximum absolute atomic E-state index is 14.2. The molecule has 19 heavy (non-hydrogen) atoms. The number of methoxy groups -OCH3 is 1. The minimum Gasteiger partial charge on any atom is -0.382 e. The second kappa shape index (κ2) is 5.10. The summed E-state index contributed by atoms with van der Waals surface area (Å²) in [5, 5.41) is 0. The van der Waals surface area contributed by atoms with Crippen molar-refractivity contribution >= 4 is 15.9 Å². The standard InChI is InChI=1S/C13H15BrFNO3/c1-17-6-12-10-5-19-16-13(10,7-18-12)9-4-8(14)2-3-11(9)15/h2-4,10,12,16H,5-7H2,1H3. The molecule has 0 spiro atoms. The fourth-order valence-corrected chi connectivity index (χ4v) is 3.26. The van der Waals surface area contributed by atoms with Crippen LogP contribution in [0, 0.1) is 11.7 Å². The third kappa shape index (κ3) is 2.11. The Balaban J connectivity index is 2.00. The van der Waals surface area contributed by atoms with Gasteiger partial charge in [0.2, 0.25) is 0 Å². The van der Waals surface area contributed by atoms with E-state index in [-0.39, 0.29) is 17.8 Å². The van der Waals surface area contributed by atoms with Crippen molar-refractivity contribution in [3.8, 4) is 0 Å². The van der Waals surface area contributed by atoms with Crippen LogP contribution in [0.5, 0.6) is 0 Å². The lowest BCUT2D eigenvalue weighted by atomic mass is 9.79. The Morgan fingerprint density at radius 2 is 2.42 bits per heavy atom. The SMILES string of the molecule is COCC1OCC2(c3cc(Br)ccc3F)NOCC12. The third-order valence-electron chi connectivity index (χ3n) is 3.86. The molecular weight excluding hydrogens is 317 g/mol. The van der Waals surface area contributed by atoms with Gasteiger partial charge < -0.3 is 14.3 Å². The molecule has 3 atom stereocenters.